The van der Waals surface area contributed by atoms with Gasteiger partial charge in [0.1, 0.15) is 11.6 Å². The van der Waals surface area contributed by atoms with Crippen molar-refractivity contribution in [2.45, 2.75) is 82.1 Å². The van der Waals surface area contributed by atoms with E-state index in [1.165, 1.54) is 11.3 Å². The number of β-amino-alcohol motifs (C(OH)–C–C–N with tert-alkyl or cyclic N) is 1. The van der Waals surface area contributed by atoms with Crippen molar-refractivity contribution in [1.82, 2.24) is 15.5 Å². The molecular formula is C21H33N3O5. The lowest BCUT2D eigenvalue weighted by Crippen LogP contribution is -2.57. The molecule has 4 rings (SSSR count). The Morgan fingerprint density at radius 3 is 2.66 bits per heavy atom. The summed E-state index contributed by atoms with van der Waals surface area (Å²) < 4.78 is 6.30. The van der Waals surface area contributed by atoms with Gasteiger partial charge in [0.15, 0.2) is 0 Å². The monoisotopic (exact) mass is 407 g/mol. The first-order valence-electron chi connectivity index (χ1n) is 11.2. The van der Waals surface area contributed by atoms with Gasteiger partial charge in [0, 0.05) is 19.1 Å². The maximum Gasteiger partial charge on any atom is 0.246 e. The van der Waals surface area contributed by atoms with E-state index in [1.807, 2.05) is 6.92 Å². The summed E-state index contributed by atoms with van der Waals surface area (Å²) in [6, 6.07) is -0.650. The first-order chi connectivity index (χ1) is 14.0. The number of carbonyl (C=O) groups excluding carboxylic acids is 3. The Hall–Kier alpha value is -1.67. The maximum absolute atomic E-state index is 13.4. The van der Waals surface area contributed by atoms with Crippen LogP contribution < -0.4 is 10.6 Å². The minimum absolute atomic E-state index is 0.0805. The van der Waals surface area contributed by atoms with Gasteiger partial charge < -0.3 is 25.4 Å². The zero-order chi connectivity index (χ0) is 20.6. The van der Waals surface area contributed by atoms with Crippen LogP contribution >= 0.6 is 0 Å². The SMILES string of the molecule is CCCNC(=O)[C@@H]1[C@H]2C(=O)N(CCO)C(C(=O)NC3CCCCC3)C23CC[C@H]1O3. The van der Waals surface area contributed by atoms with E-state index in [0.717, 1.165) is 32.1 Å². The zero-order valence-corrected chi connectivity index (χ0v) is 17.2. The Bertz CT molecular complexity index is 665. The summed E-state index contributed by atoms with van der Waals surface area (Å²) in [5.74, 6) is -1.80. The Labute approximate surface area is 171 Å². The van der Waals surface area contributed by atoms with E-state index in [9.17, 15) is 19.5 Å². The third kappa shape index (κ3) is 3.34. The van der Waals surface area contributed by atoms with Crippen LogP contribution in [0.15, 0.2) is 0 Å². The van der Waals surface area contributed by atoms with Crippen LogP contribution in [0.4, 0.5) is 0 Å². The summed E-state index contributed by atoms with van der Waals surface area (Å²) in [5.41, 5.74) is -0.954. The quantitative estimate of drug-likeness (QED) is 0.564. The molecule has 2 bridgehead atoms. The van der Waals surface area contributed by atoms with Crippen molar-refractivity contribution >= 4 is 17.7 Å². The third-order valence-electron chi connectivity index (χ3n) is 7.19. The smallest absolute Gasteiger partial charge is 0.246 e. The number of aliphatic hydroxyl groups is 1. The van der Waals surface area contributed by atoms with Crippen LogP contribution in [-0.4, -0.2) is 71.2 Å². The Kier molecular flexibility index (Phi) is 5.84. The number of rotatable bonds is 7. The molecule has 162 valence electrons. The Morgan fingerprint density at radius 2 is 1.97 bits per heavy atom. The maximum atomic E-state index is 13.4. The van der Waals surface area contributed by atoms with Crippen LogP contribution in [0.3, 0.4) is 0 Å². The summed E-state index contributed by atoms with van der Waals surface area (Å²) in [6.45, 7) is 2.39. The number of nitrogens with one attached hydrogen (secondary N) is 2. The van der Waals surface area contributed by atoms with Crippen molar-refractivity contribution in [2.75, 3.05) is 19.7 Å². The Balaban J connectivity index is 1.60. The van der Waals surface area contributed by atoms with Gasteiger partial charge in [0.25, 0.3) is 0 Å². The van der Waals surface area contributed by atoms with Crippen molar-refractivity contribution in [2.24, 2.45) is 11.8 Å². The van der Waals surface area contributed by atoms with Crippen LogP contribution in [0.25, 0.3) is 0 Å². The molecule has 1 aliphatic carbocycles. The summed E-state index contributed by atoms with van der Waals surface area (Å²) in [6.07, 6.45) is 7.06. The van der Waals surface area contributed by atoms with Crippen molar-refractivity contribution in [3.63, 3.8) is 0 Å². The summed E-state index contributed by atoms with van der Waals surface area (Å²) >= 11 is 0. The van der Waals surface area contributed by atoms with Crippen molar-refractivity contribution < 1.29 is 24.2 Å². The lowest BCUT2D eigenvalue weighted by molar-refractivity contribution is -0.143. The fourth-order valence-corrected chi connectivity index (χ4v) is 6.00. The largest absolute Gasteiger partial charge is 0.395 e. The first-order valence-corrected chi connectivity index (χ1v) is 11.2. The first kappa shape index (κ1) is 20.6. The van der Waals surface area contributed by atoms with E-state index in [-0.39, 0.29) is 43.0 Å². The van der Waals surface area contributed by atoms with Gasteiger partial charge in [-0.05, 0) is 32.1 Å². The number of ether oxygens (including phenoxy) is 1. The van der Waals surface area contributed by atoms with E-state index >= 15 is 0 Å². The molecule has 3 saturated heterocycles. The van der Waals surface area contributed by atoms with Gasteiger partial charge in [-0.3, -0.25) is 14.4 Å². The Morgan fingerprint density at radius 1 is 1.21 bits per heavy atom. The summed E-state index contributed by atoms with van der Waals surface area (Å²) in [4.78, 5) is 41.0. The standard InChI is InChI=1S/C21H33N3O5/c1-2-10-22-18(26)15-14-8-9-21(29-14)16(15)20(28)24(11-12-25)17(21)19(27)23-13-6-4-3-5-7-13/h13-17,25H,2-12H2,1H3,(H,22,26)(H,23,27)/t14-,15+,16+,17?,21?/m1/s1. The van der Waals surface area contributed by atoms with Crippen LogP contribution in [0.2, 0.25) is 0 Å². The average Bonchev–Trinajstić information content (AvgIpc) is 3.35. The van der Waals surface area contributed by atoms with E-state index in [0.29, 0.717) is 19.4 Å². The second-order valence-electron chi connectivity index (χ2n) is 8.95. The molecule has 1 saturated carbocycles. The molecule has 0 radical (unpaired) electrons. The molecule has 29 heavy (non-hydrogen) atoms. The second kappa shape index (κ2) is 8.22. The molecule has 4 aliphatic rings. The van der Waals surface area contributed by atoms with Crippen LogP contribution in [-0.2, 0) is 19.1 Å². The number of aliphatic hydroxyl groups excluding tert-OH is 1. The van der Waals surface area contributed by atoms with E-state index < -0.39 is 23.5 Å². The summed E-state index contributed by atoms with van der Waals surface area (Å²) in [5, 5.41) is 15.6. The highest BCUT2D eigenvalue weighted by molar-refractivity contribution is 5.99. The zero-order valence-electron chi connectivity index (χ0n) is 17.2. The minimum atomic E-state index is -0.954. The predicted octanol–water partition coefficient (Wildman–Crippen LogP) is 0.328. The van der Waals surface area contributed by atoms with Crippen LogP contribution in [0.5, 0.6) is 0 Å². The number of hydrogen-bond donors (Lipinski definition) is 3. The molecule has 8 heteroatoms. The fourth-order valence-electron chi connectivity index (χ4n) is 6.00. The fraction of sp³-hybridized carbons (Fsp3) is 0.857. The van der Waals surface area contributed by atoms with E-state index in [2.05, 4.69) is 10.6 Å². The molecule has 3 aliphatic heterocycles. The number of carbonyl (C=O) groups is 3. The second-order valence-corrected chi connectivity index (χ2v) is 8.95. The molecule has 3 amide bonds. The molecule has 4 fully saturated rings. The lowest BCUT2D eigenvalue weighted by Gasteiger charge is -2.35. The topological polar surface area (TPSA) is 108 Å². The van der Waals surface area contributed by atoms with E-state index in [1.54, 1.807) is 0 Å². The lowest BCUT2D eigenvalue weighted by atomic mass is 9.70. The molecular weight excluding hydrogens is 374 g/mol. The molecule has 0 aromatic rings. The number of fused-ring (bicyclic) bond motifs is 1. The van der Waals surface area contributed by atoms with Gasteiger partial charge in [0.05, 0.1) is 24.5 Å². The highest BCUT2D eigenvalue weighted by Gasteiger charge is 2.74. The predicted molar refractivity (Wildman–Crippen MR) is 105 cm³/mol. The summed E-state index contributed by atoms with van der Waals surface area (Å²) in [7, 11) is 0. The molecule has 3 heterocycles. The van der Waals surface area contributed by atoms with Gasteiger partial charge in [-0.25, -0.2) is 0 Å². The van der Waals surface area contributed by atoms with Gasteiger partial charge in [-0.15, -0.1) is 0 Å². The van der Waals surface area contributed by atoms with Crippen LogP contribution in [0, 0.1) is 11.8 Å². The number of nitrogens with zero attached hydrogens (tertiary/aromatic N) is 1. The molecule has 3 N–H and O–H groups in total. The van der Waals surface area contributed by atoms with Gasteiger partial charge in [0.2, 0.25) is 17.7 Å². The molecule has 2 unspecified atom stereocenters. The molecule has 8 nitrogen and oxygen atoms in total. The average molecular weight is 408 g/mol. The highest BCUT2D eigenvalue weighted by Crippen LogP contribution is 2.58. The minimum Gasteiger partial charge on any atom is -0.395 e. The van der Waals surface area contributed by atoms with Gasteiger partial charge in [-0.1, -0.05) is 26.2 Å². The molecule has 0 aromatic heterocycles. The van der Waals surface area contributed by atoms with Crippen LogP contribution in [0.1, 0.15) is 58.3 Å². The number of hydrogen-bond acceptors (Lipinski definition) is 5. The third-order valence-corrected chi connectivity index (χ3v) is 7.19. The van der Waals surface area contributed by atoms with Crippen molar-refractivity contribution in [1.29, 1.82) is 0 Å². The molecule has 1 spiro atoms. The van der Waals surface area contributed by atoms with Gasteiger partial charge in [-0.2, -0.15) is 0 Å². The van der Waals surface area contributed by atoms with Crippen molar-refractivity contribution in [3.8, 4) is 0 Å². The highest BCUT2D eigenvalue weighted by atomic mass is 16.5. The number of amides is 3. The molecule has 5 atom stereocenters. The molecule has 0 aromatic carbocycles. The number of likely N-dealkylation sites (tertiary alicyclic amines) is 1. The van der Waals surface area contributed by atoms with Gasteiger partial charge >= 0.3 is 0 Å². The van der Waals surface area contributed by atoms with Crippen molar-refractivity contribution in [3.05, 3.63) is 0 Å². The van der Waals surface area contributed by atoms with E-state index in [4.69, 9.17) is 4.74 Å². The normalized spacial score (nSPS) is 36.3.